The second kappa shape index (κ2) is 9.24. The Morgan fingerprint density at radius 2 is 0.929 bits per heavy atom. The van der Waals surface area contributed by atoms with E-state index in [-0.39, 0.29) is 0 Å². The first-order valence-electron chi connectivity index (χ1n) is 13.8. The molecular formula is C38H22N4. The average Bonchev–Trinajstić information content (AvgIpc) is 3.57. The third kappa shape index (κ3) is 3.47. The summed E-state index contributed by atoms with van der Waals surface area (Å²) in [6.07, 6.45) is 0. The van der Waals surface area contributed by atoms with E-state index >= 15 is 0 Å². The van der Waals surface area contributed by atoms with Crippen molar-refractivity contribution in [1.29, 1.82) is 0 Å². The van der Waals surface area contributed by atoms with Crippen LogP contribution in [0.15, 0.2) is 133 Å². The standard InChI is InChI=1S/C38H22N4/c1-39-26-18-22-37-33(23-26)32-11-5-8-14-36(32)42(37)38-24-27(40-2)17-21-29(38)25-15-19-28(20-16-25)41-34-12-6-3-9-30(34)31-10-4-7-13-35(31)41/h3-24H. The van der Waals surface area contributed by atoms with Gasteiger partial charge in [-0.25, -0.2) is 9.69 Å². The van der Waals surface area contributed by atoms with Gasteiger partial charge in [-0.05, 0) is 59.5 Å². The molecule has 0 bridgehead atoms. The summed E-state index contributed by atoms with van der Waals surface area (Å²) < 4.78 is 4.54. The Labute approximate surface area is 242 Å². The van der Waals surface area contributed by atoms with E-state index in [9.17, 15) is 0 Å². The molecule has 0 saturated heterocycles. The maximum absolute atomic E-state index is 7.74. The summed E-state index contributed by atoms with van der Waals surface area (Å²) in [6, 6.07) is 45.8. The molecule has 2 heterocycles. The van der Waals surface area contributed by atoms with E-state index in [1.165, 1.54) is 21.8 Å². The molecule has 4 heteroatoms. The van der Waals surface area contributed by atoms with Gasteiger partial charge in [0.05, 0.1) is 35.2 Å². The zero-order valence-electron chi connectivity index (χ0n) is 22.5. The van der Waals surface area contributed by atoms with Crippen LogP contribution in [0.4, 0.5) is 11.4 Å². The summed E-state index contributed by atoms with van der Waals surface area (Å²) in [5, 5.41) is 4.59. The second-order valence-electron chi connectivity index (χ2n) is 10.4. The molecule has 0 saturated carbocycles. The molecule has 0 aliphatic rings. The molecule has 0 atom stereocenters. The van der Waals surface area contributed by atoms with Gasteiger partial charge in [0, 0.05) is 33.1 Å². The summed E-state index contributed by atoms with van der Waals surface area (Å²) in [5.74, 6) is 0. The summed E-state index contributed by atoms with van der Waals surface area (Å²) in [7, 11) is 0. The van der Waals surface area contributed by atoms with Gasteiger partial charge in [0.1, 0.15) is 0 Å². The number of hydrogen-bond acceptors (Lipinski definition) is 0. The lowest BCUT2D eigenvalue weighted by Gasteiger charge is -2.16. The van der Waals surface area contributed by atoms with E-state index in [0.29, 0.717) is 11.4 Å². The normalized spacial score (nSPS) is 11.3. The van der Waals surface area contributed by atoms with Crippen LogP contribution in [0.5, 0.6) is 0 Å². The zero-order chi connectivity index (χ0) is 28.2. The molecule has 194 valence electrons. The van der Waals surface area contributed by atoms with Crippen molar-refractivity contribution in [2.45, 2.75) is 0 Å². The summed E-state index contributed by atoms with van der Waals surface area (Å²) in [6.45, 7) is 15.3. The van der Waals surface area contributed by atoms with Crippen molar-refractivity contribution in [3.05, 3.63) is 156 Å². The van der Waals surface area contributed by atoms with E-state index in [2.05, 4.69) is 104 Å². The van der Waals surface area contributed by atoms with Crippen LogP contribution < -0.4 is 0 Å². The van der Waals surface area contributed by atoms with E-state index in [4.69, 9.17) is 13.1 Å². The van der Waals surface area contributed by atoms with Crippen LogP contribution in [0.1, 0.15) is 0 Å². The molecule has 8 aromatic rings. The first-order chi connectivity index (χ1) is 20.7. The van der Waals surface area contributed by atoms with E-state index in [1.807, 2.05) is 48.5 Å². The maximum atomic E-state index is 7.74. The number of para-hydroxylation sites is 3. The van der Waals surface area contributed by atoms with E-state index < -0.39 is 0 Å². The molecule has 0 unspecified atom stereocenters. The quantitative estimate of drug-likeness (QED) is 0.201. The molecule has 0 N–H and O–H groups in total. The fourth-order valence-corrected chi connectivity index (χ4v) is 6.30. The fraction of sp³-hybridized carbons (Fsp3) is 0. The van der Waals surface area contributed by atoms with Gasteiger partial charge in [-0.2, -0.15) is 0 Å². The zero-order valence-corrected chi connectivity index (χ0v) is 22.5. The highest BCUT2D eigenvalue weighted by molar-refractivity contribution is 6.11. The van der Waals surface area contributed by atoms with Crippen molar-refractivity contribution in [2.24, 2.45) is 0 Å². The first-order valence-corrected chi connectivity index (χ1v) is 13.8. The SMILES string of the molecule is [C-]#[N+]c1ccc(-c2ccc(-n3c4ccccc4c4ccccc43)cc2)c(-n2c3ccccc3c3cc([N+]#[C-])ccc32)c1. The van der Waals surface area contributed by atoms with Gasteiger partial charge in [0.2, 0.25) is 0 Å². The van der Waals surface area contributed by atoms with Crippen LogP contribution in [0.2, 0.25) is 0 Å². The van der Waals surface area contributed by atoms with Crippen molar-refractivity contribution in [1.82, 2.24) is 9.13 Å². The van der Waals surface area contributed by atoms with Gasteiger partial charge < -0.3 is 9.13 Å². The van der Waals surface area contributed by atoms with Crippen LogP contribution in [-0.2, 0) is 0 Å². The Hall–Kier alpha value is -6.10. The predicted octanol–water partition coefficient (Wildman–Crippen LogP) is 10.6. The second-order valence-corrected chi connectivity index (χ2v) is 10.4. The van der Waals surface area contributed by atoms with Crippen molar-refractivity contribution in [2.75, 3.05) is 0 Å². The third-order valence-corrected chi connectivity index (χ3v) is 8.15. The van der Waals surface area contributed by atoms with Gasteiger partial charge in [-0.15, -0.1) is 0 Å². The molecule has 0 spiro atoms. The van der Waals surface area contributed by atoms with Crippen LogP contribution in [0, 0.1) is 13.1 Å². The smallest absolute Gasteiger partial charge is 0.189 e. The lowest BCUT2D eigenvalue weighted by molar-refractivity contribution is 1.17. The molecule has 42 heavy (non-hydrogen) atoms. The predicted molar refractivity (Wildman–Crippen MR) is 173 cm³/mol. The highest BCUT2D eigenvalue weighted by Gasteiger charge is 2.17. The number of fused-ring (bicyclic) bond motifs is 6. The Morgan fingerprint density at radius 1 is 0.429 bits per heavy atom. The monoisotopic (exact) mass is 534 g/mol. The molecule has 0 aliphatic heterocycles. The van der Waals surface area contributed by atoms with Crippen LogP contribution in [-0.4, -0.2) is 9.13 Å². The molecular weight excluding hydrogens is 512 g/mol. The van der Waals surface area contributed by atoms with Gasteiger partial charge >= 0.3 is 0 Å². The van der Waals surface area contributed by atoms with Crippen molar-refractivity contribution >= 4 is 55.0 Å². The molecule has 0 fully saturated rings. The minimum atomic E-state index is 0.583. The number of hydrogen-bond donors (Lipinski definition) is 0. The topological polar surface area (TPSA) is 18.6 Å². The van der Waals surface area contributed by atoms with Gasteiger partial charge in [-0.3, -0.25) is 0 Å². The fourth-order valence-electron chi connectivity index (χ4n) is 6.30. The van der Waals surface area contributed by atoms with Gasteiger partial charge in [0.25, 0.3) is 0 Å². The lowest BCUT2D eigenvalue weighted by Crippen LogP contribution is -1.98. The highest BCUT2D eigenvalue weighted by Crippen LogP contribution is 2.39. The van der Waals surface area contributed by atoms with Crippen molar-refractivity contribution < 1.29 is 0 Å². The summed E-state index contributed by atoms with van der Waals surface area (Å²) >= 11 is 0. The first kappa shape index (κ1) is 23.8. The van der Waals surface area contributed by atoms with Gasteiger partial charge in [-0.1, -0.05) is 84.9 Å². The Bertz CT molecular complexity index is 2370. The number of aromatic nitrogens is 2. The van der Waals surface area contributed by atoms with E-state index in [0.717, 1.165) is 44.3 Å². The Morgan fingerprint density at radius 3 is 1.55 bits per heavy atom. The van der Waals surface area contributed by atoms with E-state index in [1.54, 1.807) is 0 Å². The Balaban J connectivity index is 1.35. The lowest BCUT2D eigenvalue weighted by atomic mass is 10.0. The molecule has 0 radical (unpaired) electrons. The summed E-state index contributed by atoms with van der Waals surface area (Å²) in [4.78, 5) is 7.43. The largest absolute Gasteiger partial charge is 0.310 e. The molecule has 0 aliphatic carbocycles. The van der Waals surface area contributed by atoms with Crippen LogP contribution >= 0.6 is 0 Å². The van der Waals surface area contributed by atoms with Gasteiger partial charge in [0.15, 0.2) is 11.4 Å². The molecule has 6 aromatic carbocycles. The van der Waals surface area contributed by atoms with Crippen LogP contribution in [0.3, 0.4) is 0 Å². The van der Waals surface area contributed by atoms with Crippen molar-refractivity contribution in [3.63, 3.8) is 0 Å². The number of rotatable bonds is 3. The maximum Gasteiger partial charge on any atom is 0.189 e. The Kier molecular flexibility index (Phi) is 5.22. The van der Waals surface area contributed by atoms with Crippen LogP contribution in [0.25, 0.3) is 75.8 Å². The molecule has 0 amide bonds. The minimum absolute atomic E-state index is 0.583. The number of benzene rings is 6. The molecule has 4 nitrogen and oxygen atoms in total. The third-order valence-electron chi connectivity index (χ3n) is 8.15. The molecule has 8 rings (SSSR count). The average molecular weight is 535 g/mol. The van der Waals surface area contributed by atoms with Crippen molar-refractivity contribution in [3.8, 4) is 22.5 Å². The highest BCUT2D eigenvalue weighted by atomic mass is 15.0. The minimum Gasteiger partial charge on any atom is -0.310 e. The summed E-state index contributed by atoms with van der Waals surface area (Å²) in [5.41, 5.74) is 9.74. The molecule has 2 aromatic heterocycles. The number of nitrogens with zero attached hydrogens (tertiary/aromatic N) is 4.